The molecule has 0 amide bonds. The van der Waals surface area contributed by atoms with Gasteiger partial charge in [-0.05, 0) is 20.8 Å². The van der Waals surface area contributed by atoms with Crippen molar-refractivity contribution in [3.05, 3.63) is 12.2 Å². The van der Waals surface area contributed by atoms with Crippen LogP contribution in [0.2, 0.25) is 0 Å². The zero-order chi connectivity index (χ0) is 8.20. The van der Waals surface area contributed by atoms with E-state index in [1.54, 1.807) is 26.0 Å². The van der Waals surface area contributed by atoms with Crippen molar-refractivity contribution in [1.29, 1.82) is 5.26 Å². The largest absolute Gasteiger partial charge is 0.387 e. The Hall–Kier alpha value is -0.810. The van der Waals surface area contributed by atoms with Crippen molar-refractivity contribution in [2.24, 2.45) is 5.41 Å². The van der Waals surface area contributed by atoms with E-state index in [1.165, 1.54) is 0 Å². The second-order valence-corrected chi connectivity index (χ2v) is 2.80. The zero-order valence-corrected chi connectivity index (χ0v) is 6.63. The predicted molar refractivity (Wildman–Crippen MR) is 40.2 cm³/mol. The van der Waals surface area contributed by atoms with Crippen LogP contribution in [-0.4, -0.2) is 11.2 Å². The van der Waals surface area contributed by atoms with Crippen LogP contribution in [0.25, 0.3) is 0 Å². The minimum atomic E-state index is -0.674. The average molecular weight is 139 g/mol. The Morgan fingerprint density at radius 1 is 1.60 bits per heavy atom. The van der Waals surface area contributed by atoms with E-state index in [-0.39, 0.29) is 0 Å². The summed E-state index contributed by atoms with van der Waals surface area (Å²) in [5.74, 6) is 0. The molecule has 0 aliphatic carbocycles. The fourth-order valence-corrected chi connectivity index (χ4v) is 0.489. The quantitative estimate of drug-likeness (QED) is 0.589. The Kier molecular flexibility index (Phi) is 3.11. The average Bonchev–Trinajstić information content (AvgIpc) is 1.89. The summed E-state index contributed by atoms with van der Waals surface area (Å²) in [5, 5.41) is 17.8. The third kappa shape index (κ3) is 2.20. The van der Waals surface area contributed by atoms with E-state index in [9.17, 15) is 5.11 Å². The molecule has 0 aromatic carbocycles. The van der Waals surface area contributed by atoms with E-state index in [4.69, 9.17) is 5.26 Å². The molecule has 2 heteroatoms. The molecular formula is C8H13NO. The van der Waals surface area contributed by atoms with E-state index in [0.29, 0.717) is 0 Å². The van der Waals surface area contributed by atoms with E-state index >= 15 is 0 Å². The van der Waals surface area contributed by atoms with Gasteiger partial charge >= 0.3 is 0 Å². The van der Waals surface area contributed by atoms with Gasteiger partial charge in [0.25, 0.3) is 0 Å². The molecule has 2 nitrogen and oxygen atoms in total. The molecule has 0 fully saturated rings. The summed E-state index contributed by atoms with van der Waals surface area (Å²) < 4.78 is 0. The van der Waals surface area contributed by atoms with Crippen LogP contribution in [0.5, 0.6) is 0 Å². The van der Waals surface area contributed by atoms with Gasteiger partial charge in [-0.1, -0.05) is 12.2 Å². The Labute approximate surface area is 61.8 Å². The van der Waals surface area contributed by atoms with E-state index in [1.807, 2.05) is 13.0 Å². The maximum absolute atomic E-state index is 9.27. The topological polar surface area (TPSA) is 44.0 Å². The number of rotatable bonds is 2. The van der Waals surface area contributed by atoms with Crippen molar-refractivity contribution in [2.75, 3.05) is 0 Å². The molecule has 56 valence electrons. The molecule has 1 N–H and O–H groups in total. The molecule has 0 aromatic rings. The van der Waals surface area contributed by atoms with Gasteiger partial charge in [0.15, 0.2) is 0 Å². The van der Waals surface area contributed by atoms with Crippen molar-refractivity contribution in [1.82, 2.24) is 0 Å². The highest BCUT2D eigenvalue weighted by atomic mass is 16.3. The molecule has 0 spiro atoms. The lowest BCUT2D eigenvalue weighted by atomic mass is 9.88. The lowest BCUT2D eigenvalue weighted by molar-refractivity contribution is 0.131. The van der Waals surface area contributed by atoms with Gasteiger partial charge in [-0.3, -0.25) is 0 Å². The van der Waals surface area contributed by atoms with Crippen molar-refractivity contribution >= 4 is 0 Å². The van der Waals surface area contributed by atoms with Gasteiger partial charge in [0.1, 0.15) is 0 Å². The Balaban J connectivity index is 4.21. The summed E-state index contributed by atoms with van der Waals surface area (Å²) in [5.41, 5.74) is -0.674. The number of hydrogen-bond acceptors (Lipinski definition) is 2. The molecule has 0 aliphatic heterocycles. The van der Waals surface area contributed by atoms with Gasteiger partial charge in [0.2, 0.25) is 0 Å². The molecule has 1 unspecified atom stereocenters. The maximum atomic E-state index is 9.27. The van der Waals surface area contributed by atoms with Crippen LogP contribution in [0.3, 0.4) is 0 Å². The van der Waals surface area contributed by atoms with Crippen LogP contribution in [0, 0.1) is 16.7 Å². The molecule has 0 rings (SSSR count). The molecule has 0 heterocycles. The molecule has 0 saturated heterocycles. The monoisotopic (exact) mass is 139 g/mol. The maximum Gasteiger partial charge on any atom is 0.0901 e. The summed E-state index contributed by atoms with van der Waals surface area (Å²) in [6.45, 7) is 5.23. The van der Waals surface area contributed by atoms with E-state index in [0.717, 1.165) is 0 Å². The first-order valence-corrected chi connectivity index (χ1v) is 3.26. The van der Waals surface area contributed by atoms with Gasteiger partial charge in [-0.25, -0.2) is 0 Å². The molecule has 0 radical (unpaired) electrons. The van der Waals surface area contributed by atoms with Crippen LogP contribution >= 0.6 is 0 Å². The zero-order valence-electron chi connectivity index (χ0n) is 6.63. The molecule has 0 bridgehead atoms. The molecule has 0 aliphatic rings. The Bertz CT molecular complexity index is 165. The number of aliphatic hydroxyl groups excluding tert-OH is 1. The van der Waals surface area contributed by atoms with Crippen LogP contribution in [-0.2, 0) is 0 Å². The minimum Gasteiger partial charge on any atom is -0.387 e. The highest BCUT2D eigenvalue weighted by molar-refractivity contribution is 5.04. The van der Waals surface area contributed by atoms with Crippen LogP contribution < -0.4 is 0 Å². The van der Waals surface area contributed by atoms with Gasteiger partial charge in [-0.2, -0.15) is 5.26 Å². The van der Waals surface area contributed by atoms with Crippen molar-refractivity contribution in [3.8, 4) is 6.07 Å². The first kappa shape index (κ1) is 9.19. The van der Waals surface area contributed by atoms with E-state index in [2.05, 4.69) is 0 Å². The van der Waals surface area contributed by atoms with Crippen LogP contribution in [0.1, 0.15) is 20.8 Å². The molecule has 0 saturated carbocycles. The van der Waals surface area contributed by atoms with Crippen LogP contribution in [0.15, 0.2) is 12.2 Å². The fourth-order valence-electron chi connectivity index (χ4n) is 0.489. The summed E-state index contributed by atoms with van der Waals surface area (Å²) in [6, 6.07) is 2.02. The van der Waals surface area contributed by atoms with Crippen molar-refractivity contribution in [3.63, 3.8) is 0 Å². The van der Waals surface area contributed by atoms with Crippen molar-refractivity contribution < 1.29 is 5.11 Å². The first-order chi connectivity index (χ1) is 4.54. The second kappa shape index (κ2) is 3.38. The Morgan fingerprint density at radius 2 is 2.10 bits per heavy atom. The lowest BCUT2D eigenvalue weighted by Crippen LogP contribution is -2.25. The van der Waals surface area contributed by atoms with E-state index < -0.39 is 11.5 Å². The van der Waals surface area contributed by atoms with Gasteiger partial charge in [-0.15, -0.1) is 0 Å². The summed E-state index contributed by atoms with van der Waals surface area (Å²) in [7, 11) is 0. The number of aliphatic hydroxyl groups is 1. The highest BCUT2D eigenvalue weighted by Crippen LogP contribution is 2.19. The fraction of sp³-hybridized carbons (Fsp3) is 0.625. The predicted octanol–water partition coefficient (Wildman–Crippen LogP) is 1.47. The number of nitrogens with zero attached hydrogens (tertiary/aromatic N) is 1. The summed E-state index contributed by atoms with van der Waals surface area (Å²) >= 11 is 0. The summed E-state index contributed by atoms with van der Waals surface area (Å²) in [6.07, 6.45) is 2.69. The minimum absolute atomic E-state index is 0.664. The molecule has 1 atom stereocenters. The van der Waals surface area contributed by atoms with Crippen LogP contribution in [0.4, 0.5) is 0 Å². The number of nitriles is 1. The SMILES string of the molecule is CC=CC(O)C(C)(C)C#N. The standard InChI is InChI=1S/C8H13NO/c1-4-5-7(10)8(2,3)6-9/h4-5,7,10H,1-3H3. The van der Waals surface area contributed by atoms with Crippen molar-refractivity contribution in [2.45, 2.75) is 26.9 Å². The van der Waals surface area contributed by atoms with Gasteiger partial charge in [0, 0.05) is 0 Å². The number of allylic oxidation sites excluding steroid dienone is 1. The number of hydrogen-bond donors (Lipinski definition) is 1. The Morgan fingerprint density at radius 3 is 2.40 bits per heavy atom. The molecule has 10 heavy (non-hydrogen) atoms. The van der Waals surface area contributed by atoms with Gasteiger partial charge in [0.05, 0.1) is 17.6 Å². The normalized spacial score (nSPS) is 15.1. The first-order valence-electron chi connectivity index (χ1n) is 3.26. The summed E-state index contributed by atoms with van der Waals surface area (Å²) in [4.78, 5) is 0. The molecular weight excluding hydrogens is 126 g/mol. The lowest BCUT2D eigenvalue weighted by Gasteiger charge is -2.18. The third-order valence-corrected chi connectivity index (χ3v) is 1.40. The molecule has 0 aromatic heterocycles. The highest BCUT2D eigenvalue weighted by Gasteiger charge is 2.24. The van der Waals surface area contributed by atoms with Gasteiger partial charge < -0.3 is 5.11 Å². The second-order valence-electron chi connectivity index (χ2n) is 2.80. The third-order valence-electron chi connectivity index (χ3n) is 1.40. The smallest absolute Gasteiger partial charge is 0.0901 e.